The molecule has 7 heteroatoms. The predicted molar refractivity (Wildman–Crippen MR) is 100 cm³/mol. The van der Waals surface area contributed by atoms with Crippen molar-refractivity contribution in [3.8, 4) is 11.5 Å². The van der Waals surface area contributed by atoms with Crippen molar-refractivity contribution in [3.05, 3.63) is 36.2 Å². The van der Waals surface area contributed by atoms with E-state index < -0.39 is 0 Å². The van der Waals surface area contributed by atoms with E-state index in [1.165, 1.54) is 6.33 Å². The number of hydrogen-bond acceptors (Lipinski definition) is 6. The van der Waals surface area contributed by atoms with Crippen molar-refractivity contribution in [3.63, 3.8) is 0 Å². The molecule has 1 aromatic carbocycles. The van der Waals surface area contributed by atoms with Crippen molar-refractivity contribution in [1.82, 2.24) is 9.97 Å². The van der Waals surface area contributed by atoms with Crippen LogP contribution in [0.1, 0.15) is 37.0 Å². The molecular formula is C19H24N4O3. The zero-order valence-corrected chi connectivity index (χ0v) is 15.2. The first-order valence-corrected chi connectivity index (χ1v) is 8.99. The zero-order valence-electron chi connectivity index (χ0n) is 15.2. The lowest BCUT2D eigenvalue weighted by molar-refractivity contribution is 0.102. The van der Waals surface area contributed by atoms with Crippen LogP contribution in [0.15, 0.2) is 30.6 Å². The van der Waals surface area contributed by atoms with Gasteiger partial charge in [0.1, 0.15) is 18.0 Å². The summed E-state index contributed by atoms with van der Waals surface area (Å²) in [6.45, 7) is 6.80. The van der Waals surface area contributed by atoms with E-state index in [0.29, 0.717) is 36.1 Å². The summed E-state index contributed by atoms with van der Waals surface area (Å²) in [7, 11) is 0. The van der Waals surface area contributed by atoms with Gasteiger partial charge in [0, 0.05) is 24.7 Å². The van der Waals surface area contributed by atoms with Gasteiger partial charge in [0.2, 0.25) is 0 Å². The maximum absolute atomic E-state index is 12.6. The second kappa shape index (κ2) is 8.51. The fourth-order valence-electron chi connectivity index (χ4n) is 2.92. The van der Waals surface area contributed by atoms with Gasteiger partial charge in [0.05, 0.1) is 13.2 Å². The summed E-state index contributed by atoms with van der Waals surface area (Å²) in [6.07, 6.45) is 3.81. The largest absolute Gasteiger partial charge is 0.490 e. The van der Waals surface area contributed by atoms with Crippen LogP contribution >= 0.6 is 0 Å². The molecule has 0 aliphatic carbocycles. The van der Waals surface area contributed by atoms with Gasteiger partial charge in [-0.25, -0.2) is 9.97 Å². The van der Waals surface area contributed by atoms with Crippen molar-refractivity contribution < 1.29 is 14.3 Å². The third-order valence-corrected chi connectivity index (χ3v) is 4.13. The highest BCUT2D eigenvalue weighted by molar-refractivity contribution is 6.04. The Bertz CT molecular complexity index is 760. The van der Waals surface area contributed by atoms with Gasteiger partial charge in [-0.3, -0.25) is 4.79 Å². The molecule has 1 saturated heterocycles. The molecule has 26 heavy (non-hydrogen) atoms. The Morgan fingerprint density at radius 3 is 2.54 bits per heavy atom. The fraction of sp³-hybridized carbons (Fsp3) is 0.421. The minimum atomic E-state index is -0.250. The first kappa shape index (κ1) is 18.0. The second-order valence-corrected chi connectivity index (χ2v) is 5.94. The average molecular weight is 356 g/mol. The summed E-state index contributed by atoms with van der Waals surface area (Å²) in [5, 5.41) is 2.83. The predicted octanol–water partition coefficient (Wildman–Crippen LogP) is 3.13. The molecule has 1 aliphatic rings. The molecule has 7 nitrogen and oxygen atoms in total. The number of aromatic nitrogens is 2. The number of ether oxygens (including phenoxy) is 2. The smallest absolute Gasteiger partial charge is 0.256 e. The molecule has 0 radical (unpaired) electrons. The van der Waals surface area contributed by atoms with Crippen LogP contribution in [0.25, 0.3) is 0 Å². The summed E-state index contributed by atoms with van der Waals surface area (Å²) in [4.78, 5) is 23.2. The molecule has 2 aromatic rings. The van der Waals surface area contributed by atoms with Crippen LogP contribution in [-0.4, -0.2) is 42.2 Å². The first-order chi connectivity index (χ1) is 12.7. The summed E-state index contributed by atoms with van der Waals surface area (Å²) in [5.74, 6) is 2.26. The van der Waals surface area contributed by atoms with Gasteiger partial charge in [-0.15, -0.1) is 0 Å². The zero-order chi connectivity index (χ0) is 18.4. The maximum atomic E-state index is 12.6. The van der Waals surface area contributed by atoms with E-state index in [9.17, 15) is 4.79 Å². The minimum absolute atomic E-state index is 0.250. The molecule has 1 aromatic heterocycles. The molecule has 0 spiro atoms. The van der Waals surface area contributed by atoms with Crippen molar-refractivity contribution in [2.75, 3.05) is 36.5 Å². The number of hydrogen-bond donors (Lipinski definition) is 1. The van der Waals surface area contributed by atoms with Crippen LogP contribution in [0, 0.1) is 0 Å². The van der Waals surface area contributed by atoms with Crippen LogP contribution in [-0.2, 0) is 0 Å². The lowest BCUT2D eigenvalue weighted by Crippen LogP contribution is -2.20. The highest BCUT2D eigenvalue weighted by atomic mass is 16.5. The van der Waals surface area contributed by atoms with Gasteiger partial charge in [-0.1, -0.05) is 0 Å². The average Bonchev–Trinajstić information content (AvgIpc) is 3.18. The number of carbonyl (C=O) groups excluding carboxylic acids is 1. The molecule has 2 heterocycles. The maximum Gasteiger partial charge on any atom is 0.256 e. The fourth-order valence-corrected chi connectivity index (χ4v) is 2.92. The summed E-state index contributed by atoms with van der Waals surface area (Å²) >= 11 is 0. The molecule has 0 atom stereocenters. The Labute approximate surface area is 153 Å². The van der Waals surface area contributed by atoms with Crippen LogP contribution in [0.4, 0.5) is 11.6 Å². The van der Waals surface area contributed by atoms with Crippen molar-refractivity contribution >= 4 is 17.5 Å². The summed E-state index contributed by atoms with van der Waals surface area (Å²) in [5.41, 5.74) is 0.484. The summed E-state index contributed by atoms with van der Waals surface area (Å²) in [6, 6.07) is 6.96. The van der Waals surface area contributed by atoms with Crippen LogP contribution in [0.5, 0.6) is 11.5 Å². The third-order valence-electron chi connectivity index (χ3n) is 4.13. The van der Waals surface area contributed by atoms with Crippen molar-refractivity contribution in [2.45, 2.75) is 26.7 Å². The SMILES string of the molecule is CCOc1ccc(C(=O)Nc2cc(N3CCCC3)ncn2)cc1OCC. The molecule has 1 N–H and O–H groups in total. The Morgan fingerprint density at radius 2 is 1.81 bits per heavy atom. The highest BCUT2D eigenvalue weighted by Gasteiger charge is 2.16. The number of anilines is 2. The topological polar surface area (TPSA) is 76.6 Å². The Morgan fingerprint density at radius 1 is 1.08 bits per heavy atom. The Balaban J connectivity index is 1.75. The lowest BCUT2D eigenvalue weighted by Gasteiger charge is -2.16. The molecule has 1 amide bonds. The molecular weight excluding hydrogens is 332 g/mol. The highest BCUT2D eigenvalue weighted by Crippen LogP contribution is 2.29. The van der Waals surface area contributed by atoms with Crippen LogP contribution in [0.3, 0.4) is 0 Å². The van der Waals surface area contributed by atoms with E-state index in [2.05, 4.69) is 20.2 Å². The number of amides is 1. The van der Waals surface area contributed by atoms with Gasteiger partial charge in [-0.05, 0) is 44.9 Å². The monoisotopic (exact) mass is 356 g/mol. The molecule has 1 fully saturated rings. The van der Waals surface area contributed by atoms with Gasteiger partial charge in [0.25, 0.3) is 5.91 Å². The number of nitrogens with zero attached hydrogens (tertiary/aromatic N) is 3. The van der Waals surface area contributed by atoms with E-state index in [-0.39, 0.29) is 5.91 Å². The lowest BCUT2D eigenvalue weighted by atomic mass is 10.2. The van der Waals surface area contributed by atoms with Crippen LogP contribution in [0.2, 0.25) is 0 Å². The quantitative estimate of drug-likeness (QED) is 0.821. The van der Waals surface area contributed by atoms with E-state index in [1.807, 2.05) is 13.8 Å². The molecule has 0 bridgehead atoms. The second-order valence-electron chi connectivity index (χ2n) is 5.94. The van der Waals surface area contributed by atoms with Gasteiger partial charge >= 0.3 is 0 Å². The van der Waals surface area contributed by atoms with Gasteiger partial charge in [-0.2, -0.15) is 0 Å². The third kappa shape index (κ3) is 4.22. The Hall–Kier alpha value is -2.83. The minimum Gasteiger partial charge on any atom is -0.490 e. The van der Waals surface area contributed by atoms with E-state index >= 15 is 0 Å². The number of rotatable bonds is 7. The van der Waals surface area contributed by atoms with Gasteiger partial charge < -0.3 is 19.7 Å². The Kier molecular flexibility index (Phi) is 5.88. The molecule has 3 rings (SSSR count). The molecule has 0 saturated carbocycles. The first-order valence-electron chi connectivity index (χ1n) is 8.99. The van der Waals surface area contributed by atoms with Crippen molar-refractivity contribution in [1.29, 1.82) is 0 Å². The van der Waals surface area contributed by atoms with E-state index in [1.54, 1.807) is 24.3 Å². The van der Waals surface area contributed by atoms with Gasteiger partial charge in [0.15, 0.2) is 11.5 Å². The van der Waals surface area contributed by atoms with E-state index in [0.717, 1.165) is 31.7 Å². The molecule has 1 aliphatic heterocycles. The normalized spacial score (nSPS) is 13.5. The number of nitrogens with one attached hydrogen (secondary N) is 1. The molecule has 0 unspecified atom stereocenters. The number of carbonyl (C=O) groups is 1. The van der Waals surface area contributed by atoms with Crippen molar-refractivity contribution in [2.24, 2.45) is 0 Å². The standard InChI is InChI=1S/C19H24N4O3/c1-3-25-15-8-7-14(11-16(15)26-4-2)19(24)22-17-12-18(21-13-20-17)23-9-5-6-10-23/h7-8,11-13H,3-6,9-10H2,1-2H3,(H,20,21,22,24). The summed E-state index contributed by atoms with van der Waals surface area (Å²) < 4.78 is 11.1. The molecule has 138 valence electrons. The van der Waals surface area contributed by atoms with E-state index in [4.69, 9.17) is 9.47 Å². The van der Waals surface area contributed by atoms with Crippen LogP contribution < -0.4 is 19.7 Å². The number of benzene rings is 1.